The minimum atomic E-state index is -0.470. The van der Waals surface area contributed by atoms with Gasteiger partial charge in [0.15, 0.2) is 0 Å². The number of anilines is 1. The fourth-order valence-corrected chi connectivity index (χ4v) is 3.01. The molecule has 5 heteroatoms. The zero-order valence-electron chi connectivity index (χ0n) is 12.5. The standard InChI is InChI=1S/C16H23N3O2/c1-10(11-4-2-5-11)9-21-16-13(14(17)20)8-12-6-3-7-18-15(12)19-16/h8,10-11H,2-7,9H2,1H3,(H2,17,20)(H,18,19). The van der Waals surface area contributed by atoms with E-state index in [2.05, 4.69) is 17.2 Å². The van der Waals surface area contributed by atoms with E-state index in [0.29, 0.717) is 24.0 Å². The average molecular weight is 289 g/mol. The van der Waals surface area contributed by atoms with Crippen molar-refractivity contribution in [1.82, 2.24) is 4.98 Å². The lowest BCUT2D eigenvalue weighted by Crippen LogP contribution is -2.26. The largest absolute Gasteiger partial charge is 0.477 e. The number of fused-ring (bicyclic) bond motifs is 1. The Labute approximate surface area is 125 Å². The molecule has 0 saturated heterocycles. The normalized spacial score (nSPS) is 19.1. The molecule has 1 aliphatic heterocycles. The molecule has 1 unspecified atom stereocenters. The van der Waals surface area contributed by atoms with E-state index in [0.717, 1.165) is 36.7 Å². The van der Waals surface area contributed by atoms with Gasteiger partial charge in [0.2, 0.25) is 5.88 Å². The molecule has 5 nitrogen and oxygen atoms in total. The van der Waals surface area contributed by atoms with E-state index in [9.17, 15) is 4.79 Å². The van der Waals surface area contributed by atoms with Crippen molar-refractivity contribution in [3.05, 3.63) is 17.2 Å². The lowest BCUT2D eigenvalue weighted by Gasteiger charge is -2.31. The number of hydrogen-bond acceptors (Lipinski definition) is 4. The van der Waals surface area contributed by atoms with Gasteiger partial charge in [0.25, 0.3) is 5.91 Å². The predicted octanol–water partition coefficient (Wildman–Crippen LogP) is 2.35. The number of carbonyl (C=O) groups is 1. The highest BCUT2D eigenvalue weighted by Crippen LogP contribution is 2.34. The van der Waals surface area contributed by atoms with Crippen LogP contribution in [0, 0.1) is 11.8 Å². The van der Waals surface area contributed by atoms with E-state index in [1.807, 2.05) is 6.07 Å². The van der Waals surface area contributed by atoms with Crippen molar-refractivity contribution in [2.75, 3.05) is 18.5 Å². The third-order valence-corrected chi connectivity index (χ3v) is 4.68. The highest BCUT2D eigenvalue weighted by atomic mass is 16.5. The fraction of sp³-hybridized carbons (Fsp3) is 0.625. The number of carbonyl (C=O) groups excluding carboxylic acids is 1. The van der Waals surface area contributed by atoms with Gasteiger partial charge in [-0.15, -0.1) is 0 Å². The van der Waals surface area contributed by atoms with Gasteiger partial charge < -0.3 is 15.8 Å². The van der Waals surface area contributed by atoms with Gasteiger partial charge >= 0.3 is 0 Å². The molecule has 0 aromatic carbocycles. The van der Waals surface area contributed by atoms with Gasteiger partial charge in [-0.05, 0) is 36.3 Å². The van der Waals surface area contributed by atoms with Crippen molar-refractivity contribution in [3.63, 3.8) is 0 Å². The van der Waals surface area contributed by atoms with E-state index in [4.69, 9.17) is 10.5 Å². The first kappa shape index (κ1) is 14.2. The van der Waals surface area contributed by atoms with Crippen molar-refractivity contribution in [2.45, 2.75) is 39.0 Å². The number of primary amides is 1. The second-order valence-corrected chi connectivity index (χ2v) is 6.22. The Morgan fingerprint density at radius 2 is 2.33 bits per heavy atom. The topological polar surface area (TPSA) is 77.2 Å². The molecule has 3 rings (SSSR count). The second-order valence-electron chi connectivity index (χ2n) is 6.22. The summed E-state index contributed by atoms with van der Waals surface area (Å²) in [6.45, 7) is 3.70. The Hall–Kier alpha value is -1.78. The smallest absolute Gasteiger partial charge is 0.254 e. The first-order chi connectivity index (χ1) is 10.1. The molecule has 114 valence electrons. The molecule has 1 aromatic heterocycles. The molecule has 21 heavy (non-hydrogen) atoms. The number of aromatic nitrogens is 1. The zero-order valence-corrected chi connectivity index (χ0v) is 12.5. The minimum Gasteiger partial charge on any atom is -0.477 e. The van der Waals surface area contributed by atoms with Crippen molar-refractivity contribution in [2.24, 2.45) is 17.6 Å². The molecular weight excluding hydrogens is 266 g/mol. The molecule has 1 aromatic rings. The number of pyridine rings is 1. The Morgan fingerprint density at radius 1 is 1.52 bits per heavy atom. The van der Waals surface area contributed by atoms with Gasteiger partial charge in [-0.3, -0.25) is 4.79 Å². The molecule has 0 spiro atoms. The SMILES string of the molecule is CC(COc1nc2c(cc1C(N)=O)CCCN2)C1CCC1. The number of hydrogen-bond donors (Lipinski definition) is 2. The second kappa shape index (κ2) is 5.92. The Kier molecular flexibility index (Phi) is 3.99. The number of nitrogens with one attached hydrogen (secondary N) is 1. The first-order valence-corrected chi connectivity index (χ1v) is 7.85. The average Bonchev–Trinajstić information content (AvgIpc) is 2.42. The molecule has 1 amide bonds. The molecule has 2 aliphatic rings. The summed E-state index contributed by atoms with van der Waals surface area (Å²) in [5.41, 5.74) is 6.92. The van der Waals surface area contributed by atoms with Gasteiger partial charge in [-0.1, -0.05) is 26.2 Å². The summed E-state index contributed by atoms with van der Waals surface area (Å²) in [5, 5.41) is 3.26. The first-order valence-electron chi connectivity index (χ1n) is 7.85. The number of nitrogens with zero attached hydrogens (tertiary/aromatic N) is 1. The van der Waals surface area contributed by atoms with Crippen LogP contribution in [0.5, 0.6) is 5.88 Å². The lowest BCUT2D eigenvalue weighted by molar-refractivity contribution is 0.0990. The summed E-state index contributed by atoms with van der Waals surface area (Å²) in [7, 11) is 0. The Morgan fingerprint density at radius 3 is 3.00 bits per heavy atom. The van der Waals surface area contributed by atoms with Gasteiger partial charge in [0, 0.05) is 6.54 Å². The molecule has 1 atom stereocenters. The molecule has 1 saturated carbocycles. The summed E-state index contributed by atoms with van der Waals surface area (Å²) in [6.07, 6.45) is 5.86. The summed E-state index contributed by atoms with van der Waals surface area (Å²) < 4.78 is 5.83. The molecule has 0 bridgehead atoms. The van der Waals surface area contributed by atoms with Crippen LogP contribution in [0.1, 0.15) is 48.5 Å². The maximum Gasteiger partial charge on any atom is 0.254 e. The number of aryl methyl sites for hydroxylation is 1. The maximum absolute atomic E-state index is 11.6. The van der Waals surface area contributed by atoms with Gasteiger partial charge in [-0.25, -0.2) is 0 Å². The highest BCUT2D eigenvalue weighted by molar-refractivity contribution is 5.95. The van der Waals surface area contributed by atoms with Crippen molar-refractivity contribution < 1.29 is 9.53 Å². The number of nitrogens with two attached hydrogens (primary N) is 1. The summed E-state index contributed by atoms with van der Waals surface area (Å²) >= 11 is 0. The number of amides is 1. The summed E-state index contributed by atoms with van der Waals surface area (Å²) in [4.78, 5) is 16.1. The highest BCUT2D eigenvalue weighted by Gasteiger charge is 2.25. The van der Waals surface area contributed by atoms with E-state index in [1.165, 1.54) is 19.3 Å². The third-order valence-electron chi connectivity index (χ3n) is 4.68. The molecule has 2 heterocycles. The van der Waals surface area contributed by atoms with Gasteiger partial charge in [0.1, 0.15) is 11.4 Å². The van der Waals surface area contributed by atoms with Crippen LogP contribution in [0.4, 0.5) is 5.82 Å². The van der Waals surface area contributed by atoms with Crippen LogP contribution in [-0.4, -0.2) is 24.0 Å². The van der Waals surface area contributed by atoms with Crippen LogP contribution >= 0.6 is 0 Å². The van der Waals surface area contributed by atoms with Crippen LogP contribution in [0.3, 0.4) is 0 Å². The van der Waals surface area contributed by atoms with Crippen LogP contribution in [-0.2, 0) is 6.42 Å². The van der Waals surface area contributed by atoms with Gasteiger partial charge in [-0.2, -0.15) is 4.98 Å². The molecule has 1 fully saturated rings. The fourth-order valence-electron chi connectivity index (χ4n) is 3.01. The van der Waals surface area contributed by atoms with Crippen LogP contribution in [0.15, 0.2) is 6.07 Å². The lowest BCUT2D eigenvalue weighted by atomic mass is 9.77. The quantitative estimate of drug-likeness (QED) is 0.872. The van der Waals surface area contributed by atoms with E-state index >= 15 is 0 Å². The number of ether oxygens (including phenoxy) is 1. The van der Waals surface area contributed by atoms with Gasteiger partial charge in [0.05, 0.1) is 6.61 Å². The third kappa shape index (κ3) is 2.96. The molecule has 1 aliphatic carbocycles. The Balaban J connectivity index is 1.77. The monoisotopic (exact) mass is 289 g/mol. The van der Waals surface area contributed by atoms with E-state index in [1.54, 1.807) is 0 Å². The van der Waals surface area contributed by atoms with Crippen molar-refractivity contribution >= 4 is 11.7 Å². The predicted molar refractivity (Wildman–Crippen MR) is 81.6 cm³/mol. The summed E-state index contributed by atoms with van der Waals surface area (Å²) in [5.74, 6) is 1.98. The van der Waals surface area contributed by atoms with E-state index in [-0.39, 0.29) is 0 Å². The zero-order chi connectivity index (χ0) is 14.8. The molecule has 0 radical (unpaired) electrons. The molecule has 3 N–H and O–H groups in total. The summed E-state index contributed by atoms with van der Waals surface area (Å²) in [6, 6.07) is 1.83. The van der Waals surface area contributed by atoms with E-state index < -0.39 is 5.91 Å². The Bertz CT molecular complexity index is 541. The minimum absolute atomic E-state index is 0.377. The van der Waals surface area contributed by atoms with Crippen LogP contribution in [0.25, 0.3) is 0 Å². The number of rotatable bonds is 5. The van der Waals surface area contributed by atoms with Crippen LogP contribution < -0.4 is 15.8 Å². The van der Waals surface area contributed by atoms with Crippen molar-refractivity contribution in [1.29, 1.82) is 0 Å². The van der Waals surface area contributed by atoms with Crippen LogP contribution in [0.2, 0.25) is 0 Å². The molecular formula is C16H23N3O2. The van der Waals surface area contributed by atoms with Crippen molar-refractivity contribution in [3.8, 4) is 5.88 Å². The maximum atomic E-state index is 11.6.